The van der Waals surface area contributed by atoms with E-state index in [-0.39, 0.29) is 5.56 Å². The van der Waals surface area contributed by atoms with E-state index < -0.39 is 23.7 Å². The normalized spacial score (nSPS) is 12.2. The standard InChI is InChI=1S/C21H16FN3O3S/c1-11-8-16-15(10-14(11)21(27)28)18(12-4-2-5-13(22)9-12)24-25(16)19(20(23)26)17-6-3-7-29-17/h2-10,19H,1H3,(H2,23,26)(H,27,28). The third-order valence-electron chi connectivity index (χ3n) is 4.71. The third-order valence-corrected chi connectivity index (χ3v) is 5.63. The van der Waals surface area contributed by atoms with Crippen LogP contribution >= 0.6 is 11.3 Å². The molecule has 0 spiro atoms. The van der Waals surface area contributed by atoms with Gasteiger partial charge in [0, 0.05) is 15.8 Å². The molecule has 0 aliphatic heterocycles. The molecule has 0 fully saturated rings. The van der Waals surface area contributed by atoms with Crippen LogP contribution in [0.4, 0.5) is 4.39 Å². The van der Waals surface area contributed by atoms with E-state index in [0.29, 0.717) is 32.6 Å². The predicted octanol–water partition coefficient (Wildman–Crippen LogP) is 3.99. The first-order chi connectivity index (χ1) is 13.9. The van der Waals surface area contributed by atoms with Crippen molar-refractivity contribution in [1.29, 1.82) is 0 Å². The molecule has 0 saturated carbocycles. The van der Waals surface area contributed by atoms with Gasteiger partial charge in [-0.2, -0.15) is 5.10 Å². The number of aryl methyl sites for hydroxylation is 1. The van der Waals surface area contributed by atoms with E-state index in [1.54, 1.807) is 31.2 Å². The first kappa shape index (κ1) is 18.8. The first-order valence-corrected chi connectivity index (χ1v) is 9.59. The number of carbonyl (C=O) groups excluding carboxylic acids is 1. The minimum absolute atomic E-state index is 0.112. The van der Waals surface area contributed by atoms with E-state index in [0.717, 1.165) is 0 Å². The number of aromatic nitrogens is 2. The SMILES string of the molecule is Cc1cc2c(cc1C(=O)O)c(-c1cccc(F)c1)nn2C(C(N)=O)c1cccs1. The molecular formula is C21H16FN3O3S. The number of rotatable bonds is 5. The van der Waals surface area contributed by atoms with Gasteiger partial charge < -0.3 is 10.8 Å². The summed E-state index contributed by atoms with van der Waals surface area (Å²) < 4.78 is 15.3. The number of benzene rings is 2. The van der Waals surface area contributed by atoms with Gasteiger partial charge in [0.25, 0.3) is 0 Å². The van der Waals surface area contributed by atoms with Crippen molar-refractivity contribution in [2.75, 3.05) is 0 Å². The average Bonchev–Trinajstić information content (AvgIpc) is 3.30. The van der Waals surface area contributed by atoms with Crippen molar-refractivity contribution in [2.45, 2.75) is 13.0 Å². The first-order valence-electron chi connectivity index (χ1n) is 8.71. The van der Waals surface area contributed by atoms with Crippen LogP contribution in [-0.4, -0.2) is 26.8 Å². The fourth-order valence-electron chi connectivity index (χ4n) is 3.39. The highest BCUT2D eigenvalue weighted by molar-refractivity contribution is 7.10. The molecular weight excluding hydrogens is 393 g/mol. The summed E-state index contributed by atoms with van der Waals surface area (Å²) in [5.74, 6) is -2.12. The van der Waals surface area contributed by atoms with E-state index in [2.05, 4.69) is 5.10 Å². The highest BCUT2D eigenvalue weighted by Gasteiger charge is 2.27. The number of amides is 1. The van der Waals surface area contributed by atoms with E-state index in [4.69, 9.17) is 5.73 Å². The lowest BCUT2D eigenvalue weighted by Gasteiger charge is -2.14. The van der Waals surface area contributed by atoms with Gasteiger partial charge in [0.1, 0.15) is 11.5 Å². The Kier molecular flexibility index (Phi) is 4.63. The van der Waals surface area contributed by atoms with Gasteiger partial charge in [-0.05, 0) is 48.2 Å². The summed E-state index contributed by atoms with van der Waals surface area (Å²) in [4.78, 5) is 24.7. The Balaban J connectivity index is 2.06. The Bertz CT molecular complexity index is 1250. The molecule has 29 heavy (non-hydrogen) atoms. The topological polar surface area (TPSA) is 98.2 Å². The Morgan fingerprint density at radius 2 is 2.00 bits per heavy atom. The summed E-state index contributed by atoms with van der Waals surface area (Å²) in [5.41, 5.74) is 7.72. The monoisotopic (exact) mass is 409 g/mol. The number of thiophene rings is 1. The second kappa shape index (κ2) is 7.14. The van der Waals surface area contributed by atoms with Gasteiger partial charge >= 0.3 is 5.97 Å². The van der Waals surface area contributed by atoms with Crippen LogP contribution in [0.25, 0.3) is 22.2 Å². The number of nitrogens with zero attached hydrogens (tertiary/aromatic N) is 2. The van der Waals surface area contributed by atoms with Crippen LogP contribution in [0.3, 0.4) is 0 Å². The molecule has 3 N–H and O–H groups in total. The number of carboxylic acids is 1. The zero-order valence-corrected chi connectivity index (χ0v) is 16.1. The molecule has 1 atom stereocenters. The van der Waals surface area contributed by atoms with Gasteiger partial charge in [-0.1, -0.05) is 18.2 Å². The molecule has 2 heterocycles. The number of carbonyl (C=O) groups is 2. The largest absolute Gasteiger partial charge is 0.478 e. The van der Waals surface area contributed by atoms with Crippen molar-refractivity contribution in [3.63, 3.8) is 0 Å². The van der Waals surface area contributed by atoms with Crippen LogP contribution in [0, 0.1) is 12.7 Å². The highest BCUT2D eigenvalue weighted by atomic mass is 32.1. The number of nitrogens with two attached hydrogens (primary N) is 1. The van der Waals surface area contributed by atoms with Crippen LogP contribution in [0.2, 0.25) is 0 Å². The number of aromatic carboxylic acids is 1. The van der Waals surface area contributed by atoms with Gasteiger partial charge in [0.15, 0.2) is 6.04 Å². The second-order valence-electron chi connectivity index (χ2n) is 6.61. The van der Waals surface area contributed by atoms with Crippen LogP contribution in [0.5, 0.6) is 0 Å². The lowest BCUT2D eigenvalue weighted by Crippen LogP contribution is -2.27. The van der Waals surface area contributed by atoms with Gasteiger partial charge in [-0.15, -0.1) is 11.3 Å². The van der Waals surface area contributed by atoms with E-state index >= 15 is 0 Å². The molecule has 146 valence electrons. The lowest BCUT2D eigenvalue weighted by molar-refractivity contribution is -0.120. The summed E-state index contributed by atoms with van der Waals surface area (Å²) in [7, 11) is 0. The van der Waals surface area contributed by atoms with Crippen molar-refractivity contribution < 1.29 is 19.1 Å². The molecule has 0 aliphatic carbocycles. The number of primary amides is 1. The quantitative estimate of drug-likeness (QED) is 0.521. The lowest BCUT2D eigenvalue weighted by atomic mass is 10.0. The average molecular weight is 409 g/mol. The molecule has 8 heteroatoms. The maximum atomic E-state index is 13.8. The van der Waals surface area contributed by atoms with E-state index in [9.17, 15) is 19.1 Å². The maximum Gasteiger partial charge on any atom is 0.335 e. The molecule has 6 nitrogen and oxygen atoms in total. The Labute approximate surface area is 169 Å². The molecule has 1 amide bonds. The third kappa shape index (κ3) is 3.27. The second-order valence-corrected chi connectivity index (χ2v) is 7.59. The zero-order chi connectivity index (χ0) is 20.7. The number of halogens is 1. The van der Waals surface area contributed by atoms with Gasteiger partial charge in [-0.3, -0.25) is 4.79 Å². The van der Waals surface area contributed by atoms with Crippen LogP contribution in [-0.2, 0) is 4.79 Å². The molecule has 0 radical (unpaired) electrons. The smallest absolute Gasteiger partial charge is 0.335 e. The number of hydrogen-bond donors (Lipinski definition) is 2. The molecule has 4 aromatic rings. The number of carboxylic acid groups (broad SMARTS) is 1. The summed E-state index contributed by atoms with van der Waals surface area (Å²) in [5, 5.41) is 16.4. The Hall–Kier alpha value is -3.52. The van der Waals surface area contributed by atoms with Crippen LogP contribution < -0.4 is 5.73 Å². The highest BCUT2D eigenvalue weighted by Crippen LogP contribution is 2.34. The molecule has 0 bridgehead atoms. The van der Waals surface area contributed by atoms with Gasteiger partial charge in [0.2, 0.25) is 5.91 Å². The zero-order valence-electron chi connectivity index (χ0n) is 15.3. The summed E-state index contributed by atoms with van der Waals surface area (Å²) in [6.07, 6.45) is 0. The van der Waals surface area contributed by atoms with Gasteiger partial charge in [-0.25, -0.2) is 13.9 Å². The van der Waals surface area contributed by atoms with Crippen LogP contribution in [0.1, 0.15) is 26.8 Å². The Morgan fingerprint density at radius 3 is 2.62 bits per heavy atom. The van der Waals surface area contributed by atoms with Crippen molar-refractivity contribution in [1.82, 2.24) is 9.78 Å². The van der Waals surface area contributed by atoms with E-state index in [1.165, 1.54) is 34.2 Å². The van der Waals surface area contributed by atoms with Crippen LogP contribution in [0.15, 0.2) is 53.9 Å². The Morgan fingerprint density at radius 1 is 1.21 bits per heavy atom. The number of hydrogen-bond acceptors (Lipinski definition) is 4. The summed E-state index contributed by atoms with van der Waals surface area (Å²) >= 11 is 1.37. The molecule has 2 aromatic heterocycles. The maximum absolute atomic E-state index is 13.8. The van der Waals surface area contributed by atoms with Crippen molar-refractivity contribution in [3.05, 3.63) is 75.7 Å². The van der Waals surface area contributed by atoms with Crippen molar-refractivity contribution in [2.24, 2.45) is 5.73 Å². The van der Waals surface area contributed by atoms with Crippen molar-refractivity contribution >= 4 is 34.1 Å². The molecule has 4 rings (SSSR count). The summed E-state index contributed by atoms with van der Waals surface area (Å²) in [6, 6.07) is 11.8. The molecule has 0 aliphatic rings. The fourth-order valence-corrected chi connectivity index (χ4v) is 4.21. The van der Waals surface area contributed by atoms with Gasteiger partial charge in [0.05, 0.1) is 11.1 Å². The summed E-state index contributed by atoms with van der Waals surface area (Å²) in [6.45, 7) is 1.67. The van der Waals surface area contributed by atoms with Crippen molar-refractivity contribution in [3.8, 4) is 11.3 Å². The number of fused-ring (bicyclic) bond motifs is 1. The minimum atomic E-state index is -1.08. The molecule has 1 unspecified atom stereocenters. The fraction of sp³-hybridized carbons (Fsp3) is 0.0952. The predicted molar refractivity (Wildman–Crippen MR) is 108 cm³/mol. The molecule has 2 aromatic carbocycles. The molecule has 0 saturated heterocycles. The minimum Gasteiger partial charge on any atom is -0.478 e. The van der Waals surface area contributed by atoms with E-state index in [1.807, 2.05) is 11.4 Å².